The van der Waals surface area contributed by atoms with Gasteiger partial charge in [-0.05, 0) is 53.6 Å². The highest BCUT2D eigenvalue weighted by Crippen LogP contribution is 2.34. The van der Waals surface area contributed by atoms with E-state index >= 15 is 0 Å². The van der Waals surface area contributed by atoms with Gasteiger partial charge in [0.05, 0.1) is 9.83 Å². The summed E-state index contributed by atoms with van der Waals surface area (Å²) < 4.78 is 5.59. The highest BCUT2D eigenvalue weighted by atomic mass is 32.2. The number of carboxylic acid groups (broad SMARTS) is 1. The number of rotatable bonds is 7. The average Bonchev–Trinajstić information content (AvgIpc) is 3.01. The van der Waals surface area contributed by atoms with E-state index in [9.17, 15) is 24.5 Å². The molecule has 2 aromatic carbocycles. The van der Waals surface area contributed by atoms with Gasteiger partial charge in [0.2, 0.25) is 5.75 Å². The van der Waals surface area contributed by atoms with Crippen molar-refractivity contribution in [2.75, 3.05) is 0 Å². The van der Waals surface area contributed by atoms with E-state index in [1.54, 1.807) is 24.3 Å². The van der Waals surface area contributed by atoms with Crippen molar-refractivity contribution >= 4 is 40.6 Å². The molecule has 1 atom stereocenters. The molecule has 0 bridgehead atoms. The second-order valence-corrected chi connectivity index (χ2v) is 7.25. The third-order valence-corrected chi connectivity index (χ3v) is 4.85. The Morgan fingerprint density at radius 3 is 2.53 bits per heavy atom. The summed E-state index contributed by atoms with van der Waals surface area (Å²) in [6.07, 6.45) is 1.51. The lowest BCUT2D eigenvalue weighted by atomic mass is 10.1. The monoisotopic (exact) mass is 429 g/mol. The van der Waals surface area contributed by atoms with Crippen LogP contribution in [0.4, 0.5) is 10.5 Å². The molecule has 1 fully saturated rings. The maximum Gasteiger partial charge on any atom is 0.320 e. The molecule has 0 aliphatic carbocycles. The van der Waals surface area contributed by atoms with E-state index in [-0.39, 0.29) is 22.8 Å². The number of thioether (sulfide) groups is 1. The number of aliphatic carboxylic acids is 1. The molecule has 30 heavy (non-hydrogen) atoms. The summed E-state index contributed by atoms with van der Waals surface area (Å²) in [6, 6.07) is 9.45. The molecule has 2 amide bonds. The first-order valence-corrected chi connectivity index (χ1v) is 9.33. The van der Waals surface area contributed by atoms with Crippen molar-refractivity contribution in [2.24, 2.45) is 5.73 Å². The third kappa shape index (κ3) is 5.01. The Bertz CT molecular complexity index is 1070. The molecule has 1 unspecified atom stereocenters. The molecule has 0 saturated carbocycles. The summed E-state index contributed by atoms with van der Waals surface area (Å²) in [5.74, 6) is -1.38. The first-order chi connectivity index (χ1) is 14.2. The SMILES string of the molecule is NC(Cc1ccc(Oc2ccc(/C=C3/SC(=O)NC3=O)cc2[N+](=O)[O-])cc1)C(=O)O. The van der Waals surface area contributed by atoms with Crippen LogP contribution in [0.25, 0.3) is 6.08 Å². The fraction of sp³-hybridized carbons (Fsp3) is 0.105. The van der Waals surface area contributed by atoms with Crippen LogP contribution in [-0.4, -0.2) is 33.2 Å². The number of hydrogen-bond donors (Lipinski definition) is 3. The molecular formula is C19H15N3O7S. The molecule has 4 N–H and O–H groups in total. The minimum Gasteiger partial charge on any atom is -0.480 e. The van der Waals surface area contributed by atoms with Crippen LogP contribution in [0.3, 0.4) is 0 Å². The minimum absolute atomic E-state index is 0.0169. The number of nitro benzene ring substituents is 1. The lowest BCUT2D eigenvalue weighted by molar-refractivity contribution is -0.385. The number of carboxylic acids is 1. The van der Waals surface area contributed by atoms with Crippen LogP contribution >= 0.6 is 11.8 Å². The molecular weight excluding hydrogens is 414 g/mol. The summed E-state index contributed by atoms with van der Waals surface area (Å²) in [4.78, 5) is 44.7. The van der Waals surface area contributed by atoms with Gasteiger partial charge in [-0.2, -0.15) is 0 Å². The van der Waals surface area contributed by atoms with Crippen LogP contribution in [0.5, 0.6) is 11.5 Å². The highest BCUT2D eigenvalue weighted by Gasteiger charge is 2.25. The van der Waals surface area contributed by atoms with E-state index < -0.39 is 28.1 Å². The van der Waals surface area contributed by atoms with Crippen LogP contribution in [0.15, 0.2) is 47.4 Å². The van der Waals surface area contributed by atoms with E-state index in [2.05, 4.69) is 5.32 Å². The topological polar surface area (TPSA) is 162 Å². The Kier molecular flexibility index (Phi) is 6.14. The molecule has 1 aliphatic heterocycles. The molecule has 1 saturated heterocycles. The van der Waals surface area contributed by atoms with Crippen LogP contribution < -0.4 is 15.8 Å². The van der Waals surface area contributed by atoms with Crippen LogP contribution in [0, 0.1) is 10.1 Å². The van der Waals surface area contributed by atoms with Crippen LogP contribution in [0.2, 0.25) is 0 Å². The lowest BCUT2D eigenvalue weighted by Gasteiger charge is -2.09. The largest absolute Gasteiger partial charge is 0.480 e. The molecule has 0 spiro atoms. The van der Waals surface area contributed by atoms with Crippen molar-refractivity contribution in [3.05, 3.63) is 68.6 Å². The number of nitrogens with two attached hydrogens (primary N) is 1. The number of amides is 2. The molecule has 3 rings (SSSR count). The van der Waals surface area contributed by atoms with Crippen molar-refractivity contribution in [2.45, 2.75) is 12.5 Å². The second-order valence-electron chi connectivity index (χ2n) is 6.23. The van der Waals surface area contributed by atoms with Gasteiger partial charge in [-0.25, -0.2) is 0 Å². The molecule has 10 nitrogen and oxygen atoms in total. The van der Waals surface area contributed by atoms with E-state index in [1.807, 2.05) is 0 Å². The van der Waals surface area contributed by atoms with Gasteiger partial charge in [0.25, 0.3) is 11.1 Å². The summed E-state index contributed by atoms with van der Waals surface area (Å²) in [7, 11) is 0. The molecule has 0 radical (unpaired) electrons. The number of nitrogens with one attached hydrogen (secondary N) is 1. The maximum atomic E-state index is 11.6. The number of benzene rings is 2. The fourth-order valence-electron chi connectivity index (χ4n) is 2.59. The van der Waals surface area contributed by atoms with E-state index in [1.165, 1.54) is 24.3 Å². The van der Waals surface area contributed by atoms with Gasteiger partial charge in [0, 0.05) is 6.07 Å². The maximum absolute atomic E-state index is 11.6. The van der Waals surface area contributed by atoms with Gasteiger partial charge in [0.1, 0.15) is 11.8 Å². The normalized spacial score (nSPS) is 15.7. The van der Waals surface area contributed by atoms with E-state index in [0.29, 0.717) is 28.6 Å². The van der Waals surface area contributed by atoms with Gasteiger partial charge < -0.3 is 15.6 Å². The molecule has 11 heteroatoms. The Hall–Kier alpha value is -3.70. The first kappa shape index (κ1) is 21.0. The van der Waals surface area contributed by atoms with Crippen molar-refractivity contribution in [1.82, 2.24) is 5.32 Å². The summed E-state index contributed by atoms with van der Waals surface area (Å²) in [5.41, 5.74) is 6.21. The third-order valence-electron chi connectivity index (χ3n) is 4.04. The van der Waals surface area contributed by atoms with Crippen molar-refractivity contribution in [3.63, 3.8) is 0 Å². The Balaban J connectivity index is 1.80. The van der Waals surface area contributed by atoms with Gasteiger partial charge in [0.15, 0.2) is 0 Å². The van der Waals surface area contributed by atoms with Crippen molar-refractivity contribution in [1.29, 1.82) is 0 Å². The second kappa shape index (κ2) is 8.76. The average molecular weight is 429 g/mol. The van der Waals surface area contributed by atoms with Gasteiger partial charge in [-0.3, -0.25) is 29.8 Å². The zero-order valence-corrected chi connectivity index (χ0v) is 16.0. The molecule has 0 aromatic heterocycles. The van der Waals surface area contributed by atoms with E-state index in [0.717, 1.165) is 0 Å². The number of carbonyl (C=O) groups is 3. The lowest BCUT2D eigenvalue weighted by Crippen LogP contribution is -2.32. The standard InChI is InChI=1S/C19H15N3O7S/c20-13(18(24)25)7-10-1-4-12(5-2-10)29-15-6-3-11(8-14(15)22(27)28)9-16-17(23)21-19(26)30-16/h1-6,8-9,13H,7,20H2,(H,24,25)(H,21,23,26)/b16-9+. The summed E-state index contributed by atoms with van der Waals surface area (Å²) in [6.45, 7) is 0. The number of ether oxygens (including phenoxy) is 1. The predicted octanol–water partition coefficient (Wildman–Crippen LogP) is 2.67. The summed E-state index contributed by atoms with van der Waals surface area (Å²) in [5, 5.41) is 21.9. The van der Waals surface area contributed by atoms with Crippen molar-refractivity contribution < 1.29 is 29.2 Å². The number of imide groups is 1. The van der Waals surface area contributed by atoms with E-state index in [4.69, 9.17) is 15.6 Å². The van der Waals surface area contributed by atoms with Gasteiger partial charge in [-0.1, -0.05) is 18.2 Å². The zero-order valence-electron chi connectivity index (χ0n) is 15.2. The number of hydrogen-bond acceptors (Lipinski definition) is 8. The number of nitro groups is 1. The molecule has 2 aromatic rings. The number of carbonyl (C=O) groups excluding carboxylic acids is 2. The predicted molar refractivity (Wildman–Crippen MR) is 108 cm³/mol. The Morgan fingerprint density at radius 2 is 1.97 bits per heavy atom. The minimum atomic E-state index is -1.11. The van der Waals surface area contributed by atoms with Crippen LogP contribution in [0.1, 0.15) is 11.1 Å². The Morgan fingerprint density at radius 1 is 1.27 bits per heavy atom. The highest BCUT2D eigenvalue weighted by molar-refractivity contribution is 8.18. The fourth-order valence-corrected chi connectivity index (χ4v) is 3.27. The van der Waals surface area contributed by atoms with Gasteiger partial charge >= 0.3 is 11.7 Å². The smallest absolute Gasteiger partial charge is 0.320 e. The van der Waals surface area contributed by atoms with Crippen LogP contribution in [-0.2, 0) is 16.0 Å². The Labute approximate surface area is 173 Å². The molecule has 154 valence electrons. The summed E-state index contributed by atoms with van der Waals surface area (Å²) >= 11 is 0.711. The molecule has 1 heterocycles. The molecule has 1 aliphatic rings. The van der Waals surface area contributed by atoms with Gasteiger partial charge in [-0.15, -0.1) is 0 Å². The zero-order chi connectivity index (χ0) is 21.8. The first-order valence-electron chi connectivity index (χ1n) is 8.51. The van der Waals surface area contributed by atoms with Crippen molar-refractivity contribution in [3.8, 4) is 11.5 Å². The quantitative estimate of drug-likeness (QED) is 0.341. The number of nitrogens with zero attached hydrogens (tertiary/aromatic N) is 1.